The molecule has 0 aliphatic rings. The zero-order valence-electron chi connectivity index (χ0n) is 9.10. The first-order chi connectivity index (χ1) is 7.49. The van der Waals surface area contributed by atoms with Gasteiger partial charge in [-0.3, -0.25) is 20.4 Å². The molecule has 0 saturated heterocycles. The molecule has 0 aromatic carbocycles. The molecule has 0 radical (unpaired) electrons. The molecule has 0 saturated carbocycles. The van der Waals surface area contributed by atoms with Gasteiger partial charge in [0.05, 0.1) is 11.9 Å². The van der Waals surface area contributed by atoms with Crippen molar-refractivity contribution in [3.8, 4) is 0 Å². The number of hydrogen-bond acceptors (Lipinski definition) is 5. The molecular weight excluding hydrogens is 212 g/mol. The zero-order valence-corrected chi connectivity index (χ0v) is 9.10. The molecule has 88 valence electrons. The number of nitrogens with two attached hydrogens (primary N) is 1. The number of aromatic nitrogens is 3. The predicted octanol–water partition coefficient (Wildman–Crippen LogP) is -1.53. The number of carbonyl (C=O) groups is 2. The van der Waals surface area contributed by atoms with E-state index in [1.807, 2.05) is 0 Å². The summed E-state index contributed by atoms with van der Waals surface area (Å²) in [5.41, 5.74) is 10.6. The monoisotopic (exact) mass is 226 g/mol. The lowest BCUT2D eigenvalue weighted by Crippen LogP contribution is -2.42. The summed E-state index contributed by atoms with van der Waals surface area (Å²) < 4.78 is 1.34. The van der Waals surface area contributed by atoms with E-state index in [0.717, 1.165) is 0 Å². The summed E-state index contributed by atoms with van der Waals surface area (Å²) in [5, 5.41) is 7.50. The van der Waals surface area contributed by atoms with Gasteiger partial charge in [-0.05, 0) is 6.92 Å². The maximum absolute atomic E-state index is 11.3. The summed E-state index contributed by atoms with van der Waals surface area (Å²) in [5.74, 6) is -0.737. The van der Waals surface area contributed by atoms with E-state index in [0.29, 0.717) is 5.69 Å². The van der Waals surface area contributed by atoms with E-state index in [-0.39, 0.29) is 18.5 Å². The van der Waals surface area contributed by atoms with Gasteiger partial charge < -0.3 is 5.73 Å². The van der Waals surface area contributed by atoms with E-state index in [1.54, 1.807) is 13.1 Å². The number of hydrogen-bond donors (Lipinski definition) is 3. The highest BCUT2D eigenvalue weighted by atomic mass is 16.2. The molecule has 1 heterocycles. The van der Waals surface area contributed by atoms with Crippen LogP contribution in [0.25, 0.3) is 0 Å². The fraction of sp³-hybridized carbons (Fsp3) is 0.500. The average Bonchev–Trinajstić information content (AvgIpc) is 2.63. The maximum Gasteiger partial charge on any atom is 0.260 e. The number of amides is 2. The van der Waals surface area contributed by atoms with Crippen LogP contribution in [0.4, 0.5) is 0 Å². The molecule has 1 atom stereocenters. The first kappa shape index (κ1) is 12.1. The van der Waals surface area contributed by atoms with Crippen molar-refractivity contribution in [2.45, 2.75) is 26.4 Å². The third kappa shape index (κ3) is 3.65. The van der Waals surface area contributed by atoms with Crippen LogP contribution in [0.3, 0.4) is 0 Å². The van der Waals surface area contributed by atoms with Crippen LogP contribution < -0.4 is 16.6 Å². The minimum Gasteiger partial charge on any atom is -0.323 e. The van der Waals surface area contributed by atoms with Crippen molar-refractivity contribution in [3.63, 3.8) is 0 Å². The molecule has 1 unspecified atom stereocenters. The Balaban J connectivity index is 2.46. The molecule has 8 nitrogen and oxygen atoms in total. The molecule has 0 fully saturated rings. The van der Waals surface area contributed by atoms with Crippen LogP contribution in [0.5, 0.6) is 0 Å². The Kier molecular flexibility index (Phi) is 3.95. The summed E-state index contributed by atoms with van der Waals surface area (Å²) in [6, 6.07) is -0.229. The molecule has 0 aliphatic carbocycles. The number of carbonyl (C=O) groups excluding carboxylic acids is 2. The van der Waals surface area contributed by atoms with E-state index >= 15 is 0 Å². The van der Waals surface area contributed by atoms with Gasteiger partial charge in [-0.25, -0.2) is 4.68 Å². The Labute approximate surface area is 92.1 Å². The van der Waals surface area contributed by atoms with Gasteiger partial charge in [-0.2, -0.15) is 0 Å². The summed E-state index contributed by atoms with van der Waals surface area (Å²) in [6.07, 6.45) is 1.58. The molecule has 1 aromatic heterocycles. The lowest BCUT2D eigenvalue weighted by molar-refractivity contribution is -0.128. The maximum atomic E-state index is 11.3. The molecule has 1 rings (SSSR count). The van der Waals surface area contributed by atoms with Crippen molar-refractivity contribution in [2.24, 2.45) is 5.73 Å². The predicted molar refractivity (Wildman–Crippen MR) is 54.6 cm³/mol. The van der Waals surface area contributed by atoms with Crippen LogP contribution in [0.2, 0.25) is 0 Å². The van der Waals surface area contributed by atoms with Crippen LogP contribution in [0, 0.1) is 0 Å². The molecule has 0 bridgehead atoms. The first-order valence-corrected chi connectivity index (χ1v) is 4.70. The molecule has 1 aromatic rings. The first-order valence-electron chi connectivity index (χ1n) is 4.70. The third-order valence-electron chi connectivity index (χ3n) is 1.71. The summed E-state index contributed by atoms with van der Waals surface area (Å²) in [7, 11) is 0. The molecule has 8 heteroatoms. The van der Waals surface area contributed by atoms with Gasteiger partial charge in [0.25, 0.3) is 5.91 Å². The van der Waals surface area contributed by atoms with Crippen LogP contribution in [-0.2, 0) is 16.1 Å². The van der Waals surface area contributed by atoms with Gasteiger partial charge in [-0.1, -0.05) is 5.21 Å². The van der Waals surface area contributed by atoms with E-state index in [4.69, 9.17) is 5.73 Å². The Morgan fingerprint density at radius 1 is 1.56 bits per heavy atom. The summed E-state index contributed by atoms with van der Waals surface area (Å²) >= 11 is 0. The fourth-order valence-corrected chi connectivity index (χ4v) is 0.944. The standard InChI is InChI=1S/C8H14N6O2/c1-5(9)7-3-14(13-11-7)4-8(16)12-10-6(2)15/h3,5H,4,9H2,1-2H3,(H,10,15)(H,12,16). The Bertz CT molecular complexity index is 386. The third-order valence-corrected chi connectivity index (χ3v) is 1.71. The van der Waals surface area contributed by atoms with Crippen molar-refractivity contribution >= 4 is 11.8 Å². The smallest absolute Gasteiger partial charge is 0.260 e. The fourth-order valence-electron chi connectivity index (χ4n) is 0.944. The summed E-state index contributed by atoms with van der Waals surface area (Å²) in [6.45, 7) is 3.04. The molecular formula is C8H14N6O2. The molecule has 0 spiro atoms. The minimum absolute atomic E-state index is 0.0278. The number of rotatable bonds is 3. The van der Waals surface area contributed by atoms with Crippen LogP contribution in [0.1, 0.15) is 25.6 Å². The van der Waals surface area contributed by atoms with Crippen LogP contribution >= 0.6 is 0 Å². The normalized spacial score (nSPS) is 11.9. The molecule has 2 amide bonds. The van der Waals surface area contributed by atoms with E-state index in [1.165, 1.54) is 11.6 Å². The van der Waals surface area contributed by atoms with Gasteiger partial charge >= 0.3 is 0 Å². The highest BCUT2D eigenvalue weighted by molar-refractivity contribution is 5.80. The Morgan fingerprint density at radius 3 is 2.75 bits per heavy atom. The molecule has 0 aliphatic heterocycles. The lowest BCUT2D eigenvalue weighted by atomic mass is 10.3. The van der Waals surface area contributed by atoms with Gasteiger partial charge in [0.2, 0.25) is 5.91 Å². The van der Waals surface area contributed by atoms with Gasteiger partial charge in [0.15, 0.2) is 0 Å². The van der Waals surface area contributed by atoms with Crippen molar-refractivity contribution in [2.75, 3.05) is 0 Å². The highest BCUT2D eigenvalue weighted by Crippen LogP contribution is 2.02. The number of nitrogens with one attached hydrogen (secondary N) is 2. The van der Waals surface area contributed by atoms with Crippen LogP contribution in [-0.4, -0.2) is 26.8 Å². The second-order valence-corrected chi connectivity index (χ2v) is 3.36. The van der Waals surface area contributed by atoms with Gasteiger partial charge in [-0.15, -0.1) is 5.10 Å². The Morgan fingerprint density at radius 2 is 2.25 bits per heavy atom. The Hall–Kier alpha value is -1.96. The largest absolute Gasteiger partial charge is 0.323 e. The number of nitrogens with zero attached hydrogens (tertiary/aromatic N) is 3. The van der Waals surface area contributed by atoms with E-state index in [2.05, 4.69) is 21.2 Å². The number of hydrazine groups is 1. The quantitative estimate of drug-likeness (QED) is 0.540. The zero-order chi connectivity index (χ0) is 12.1. The molecule has 4 N–H and O–H groups in total. The van der Waals surface area contributed by atoms with Crippen molar-refractivity contribution in [1.29, 1.82) is 0 Å². The highest BCUT2D eigenvalue weighted by Gasteiger charge is 2.08. The topological polar surface area (TPSA) is 115 Å². The molecule has 16 heavy (non-hydrogen) atoms. The SMILES string of the molecule is CC(=O)NNC(=O)Cn1cc(C(C)N)nn1. The second kappa shape index (κ2) is 5.21. The van der Waals surface area contributed by atoms with Crippen molar-refractivity contribution in [1.82, 2.24) is 25.8 Å². The minimum atomic E-state index is -0.392. The lowest BCUT2D eigenvalue weighted by Gasteiger charge is -2.04. The van der Waals surface area contributed by atoms with E-state index < -0.39 is 5.91 Å². The van der Waals surface area contributed by atoms with Crippen molar-refractivity contribution in [3.05, 3.63) is 11.9 Å². The van der Waals surface area contributed by atoms with Gasteiger partial charge in [0, 0.05) is 13.0 Å². The van der Waals surface area contributed by atoms with Crippen LogP contribution in [0.15, 0.2) is 6.20 Å². The average molecular weight is 226 g/mol. The van der Waals surface area contributed by atoms with E-state index in [9.17, 15) is 9.59 Å². The van der Waals surface area contributed by atoms with Crippen molar-refractivity contribution < 1.29 is 9.59 Å². The second-order valence-electron chi connectivity index (χ2n) is 3.36. The summed E-state index contributed by atoms with van der Waals surface area (Å²) in [4.78, 5) is 21.8. The van der Waals surface area contributed by atoms with Gasteiger partial charge in [0.1, 0.15) is 6.54 Å².